The number of anilines is 1. The molecule has 0 saturated carbocycles. The SMILES string of the molecule is CCOCc1cc(C(=O)OCC(=O)Nc2ccc(C(=O)OCC)cc2)ccc1OC. The van der Waals surface area contributed by atoms with Gasteiger partial charge in [0.25, 0.3) is 5.91 Å². The molecule has 2 aromatic rings. The lowest BCUT2D eigenvalue weighted by atomic mass is 10.1. The molecule has 8 nitrogen and oxygen atoms in total. The second kappa shape index (κ2) is 11.6. The molecular weight excluding hydrogens is 390 g/mol. The zero-order valence-corrected chi connectivity index (χ0v) is 17.2. The normalized spacial score (nSPS) is 10.2. The van der Waals surface area contributed by atoms with Gasteiger partial charge in [-0.15, -0.1) is 0 Å². The van der Waals surface area contributed by atoms with E-state index in [4.69, 9.17) is 18.9 Å². The van der Waals surface area contributed by atoms with E-state index >= 15 is 0 Å². The molecule has 0 radical (unpaired) electrons. The third kappa shape index (κ3) is 6.59. The first kappa shape index (κ1) is 22.9. The Balaban J connectivity index is 1.91. The maximum absolute atomic E-state index is 12.3. The Morgan fingerprint density at radius 2 is 1.53 bits per heavy atom. The summed E-state index contributed by atoms with van der Waals surface area (Å²) in [6.45, 7) is 4.24. The third-order valence-corrected chi connectivity index (χ3v) is 3.99. The van der Waals surface area contributed by atoms with Gasteiger partial charge in [-0.25, -0.2) is 9.59 Å². The van der Waals surface area contributed by atoms with Gasteiger partial charge in [-0.05, 0) is 56.3 Å². The van der Waals surface area contributed by atoms with E-state index in [1.807, 2.05) is 6.92 Å². The minimum absolute atomic E-state index is 0.282. The van der Waals surface area contributed by atoms with Gasteiger partial charge < -0.3 is 24.3 Å². The van der Waals surface area contributed by atoms with Crippen LogP contribution in [0.1, 0.15) is 40.1 Å². The fourth-order valence-electron chi connectivity index (χ4n) is 2.55. The predicted octanol–water partition coefficient (Wildman–Crippen LogP) is 3.20. The molecule has 0 heterocycles. The van der Waals surface area contributed by atoms with Gasteiger partial charge in [0.15, 0.2) is 6.61 Å². The molecule has 0 aliphatic heterocycles. The predicted molar refractivity (Wildman–Crippen MR) is 110 cm³/mol. The summed E-state index contributed by atoms with van der Waals surface area (Å²) >= 11 is 0. The topological polar surface area (TPSA) is 100 Å². The molecule has 0 bridgehead atoms. The molecular formula is C22H25NO7. The van der Waals surface area contributed by atoms with Crippen LogP contribution >= 0.6 is 0 Å². The molecule has 2 rings (SSSR count). The van der Waals surface area contributed by atoms with Crippen molar-refractivity contribution in [3.8, 4) is 5.75 Å². The highest BCUT2D eigenvalue weighted by Gasteiger charge is 2.14. The zero-order valence-electron chi connectivity index (χ0n) is 17.2. The van der Waals surface area contributed by atoms with Crippen LogP contribution in [0.5, 0.6) is 5.75 Å². The average Bonchev–Trinajstić information content (AvgIpc) is 2.76. The van der Waals surface area contributed by atoms with Crippen molar-refractivity contribution in [1.82, 2.24) is 0 Å². The van der Waals surface area contributed by atoms with Crippen LogP contribution in [0.25, 0.3) is 0 Å². The molecule has 1 N–H and O–H groups in total. The van der Waals surface area contributed by atoms with Crippen LogP contribution in [0.15, 0.2) is 42.5 Å². The number of rotatable bonds is 10. The van der Waals surface area contributed by atoms with Gasteiger partial charge in [0.05, 0.1) is 31.5 Å². The first-order chi connectivity index (χ1) is 14.5. The second-order valence-corrected chi connectivity index (χ2v) is 6.09. The van der Waals surface area contributed by atoms with Gasteiger partial charge in [0.2, 0.25) is 0 Å². The van der Waals surface area contributed by atoms with Crippen LogP contribution in [0.3, 0.4) is 0 Å². The van der Waals surface area contributed by atoms with Gasteiger partial charge in [-0.1, -0.05) is 0 Å². The number of ether oxygens (including phenoxy) is 4. The maximum Gasteiger partial charge on any atom is 0.338 e. The van der Waals surface area contributed by atoms with E-state index in [2.05, 4.69) is 5.32 Å². The Kier molecular flexibility index (Phi) is 8.83. The van der Waals surface area contributed by atoms with Crippen LogP contribution in [0.4, 0.5) is 5.69 Å². The van der Waals surface area contributed by atoms with Crippen molar-refractivity contribution in [3.63, 3.8) is 0 Å². The molecule has 30 heavy (non-hydrogen) atoms. The van der Waals surface area contributed by atoms with E-state index in [-0.39, 0.29) is 12.2 Å². The number of methoxy groups -OCH3 is 1. The van der Waals surface area contributed by atoms with Gasteiger partial charge in [0.1, 0.15) is 5.75 Å². The van der Waals surface area contributed by atoms with Crippen LogP contribution in [0, 0.1) is 0 Å². The quantitative estimate of drug-likeness (QED) is 0.595. The highest BCUT2D eigenvalue weighted by Crippen LogP contribution is 2.21. The van der Waals surface area contributed by atoms with Gasteiger partial charge in [0, 0.05) is 17.9 Å². The smallest absolute Gasteiger partial charge is 0.338 e. The Labute approximate surface area is 175 Å². The summed E-state index contributed by atoms with van der Waals surface area (Å²) in [4.78, 5) is 36.0. The number of carbonyl (C=O) groups excluding carboxylic acids is 3. The molecule has 160 valence electrons. The van der Waals surface area contributed by atoms with Crippen LogP contribution in [-0.2, 0) is 25.6 Å². The average molecular weight is 415 g/mol. The number of nitrogens with one attached hydrogen (secondary N) is 1. The van der Waals surface area contributed by atoms with Crippen molar-refractivity contribution >= 4 is 23.5 Å². The van der Waals surface area contributed by atoms with E-state index in [1.54, 1.807) is 37.3 Å². The Bertz CT molecular complexity index is 878. The largest absolute Gasteiger partial charge is 0.496 e. The van der Waals surface area contributed by atoms with E-state index in [0.29, 0.717) is 35.8 Å². The summed E-state index contributed by atoms with van der Waals surface area (Å²) in [5.74, 6) is -0.977. The number of benzene rings is 2. The molecule has 8 heteroatoms. The highest BCUT2D eigenvalue weighted by atomic mass is 16.5. The lowest BCUT2D eigenvalue weighted by molar-refractivity contribution is -0.119. The van der Waals surface area contributed by atoms with Crippen molar-refractivity contribution in [2.45, 2.75) is 20.5 Å². The van der Waals surface area contributed by atoms with E-state index in [1.165, 1.54) is 19.2 Å². The minimum atomic E-state index is -0.636. The zero-order chi connectivity index (χ0) is 21.9. The first-order valence-electron chi connectivity index (χ1n) is 9.47. The van der Waals surface area contributed by atoms with Gasteiger partial charge in [-0.3, -0.25) is 4.79 Å². The Morgan fingerprint density at radius 3 is 2.17 bits per heavy atom. The summed E-state index contributed by atoms with van der Waals surface area (Å²) in [5, 5.41) is 2.60. The summed E-state index contributed by atoms with van der Waals surface area (Å²) in [6.07, 6.45) is 0. The lowest BCUT2D eigenvalue weighted by Gasteiger charge is -2.11. The standard InChI is InChI=1S/C22H25NO7/c1-4-28-13-17-12-16(8-11-19(17)27-3)22(26)30-14-20(24)23-18-9-6-15(7-10-18)21(25)29-5-2/h6-12H,4-5,13-14H2,1-3H3,(H,23,24). The van der Waals surface area contributed by atoms with Crippen molar-refractivity contribution in [2.24, 2.45) is 0 Å². The molecule has 1 amide bonds. The molecule has 0 spiro atoms. The highest BCUT2D eigenvalue weighted by molar-refractivity contribution is 5.96. The Morgan fingerprint density at radius 1 is 0.867 bits per heavy atom. The molecule has 0 aliphatic carbocycles. The van der Waals surface area contributed by atoms with E-state index in [9.17, 15) is 14.4 Å². The number of esters is 2. The molecule has 0 aromatic heterocycles. The Hall–Kier alpha value is -3.39. The number of hydrogen-bond donors (Lipinski definition) is 1. The van der Waals surface area contributed by atoms with Gasteiger partial charge in [-0.2, -0.15) is 0 Å². The fraction of sp³-hybridized carbons (Fsp3) is 0.318. The summed E-state index contributed by atoms with van der Waals surface area (Å²) in [6, 6.07) is 11.0. The first-order valence-corrected chi connectivity index (χ1v) is 9.47. The van der Waals surface area contributed by atoms with Crippen LogP contribution in [-0.4, -0.2) is 44.8 Å². The summed E-state index contributed by atoms with van der Waals surface area (Å²) < 4.78 is 20.6. The lowest BCUT2D eigenvalue weighted by Crippen LogP contribution is -2.21. The molecule has 2 aromatic carbocycles. The van der Waals surface area contributed by atoms with Crippen molar-refractivity contribution in [3.05, 3.63) is 59.2 Å². The van der Waals surface area contributed by atoms with Crippen molar-refractivity contribution < 1.29 is 33.3 Å². The summed E-state index contributed by atoms with van der Waals surface area (Å²) in [5.41, 5.74) is 1.84. The monoisotopic (exact) mass is 415 g/mol. The third-order valence-electron chi connectivity index (χ3n) is 3.99. The molecule has 0 saturated heterocycles. The van der Waals surface area contributed by atoms with Gasteiger partial charge >= 0.3 is 11.9 Å². The number of hydrogen-bond acceptors (Lipinski definition) is 7. The fourth-order valence-corrected chi connectivity index (χ4v) is 2.55. The van der Waals surface area contributed by atoms with Crippen molar-refractivity contribution in [1.29, 1.82) is 0 Å². The van der Waals surface area contributed by atoms with Crippen LogP contribution in [0.2, 0.25) is 0 Å². The summed E-state index contributed by atoms with van der Waals surface area (Å²) in [7, 11) is 1.53. The molecule has 0 atom stereocenters. The van der Waals surface area contributed by atoms with E-state index in [0.717, 1.165) is 0 Å². The number of carbonyl (C=O) groups is 3. The van der Waals surface area contributed by atoms with Crippen molar-refractivity contribution in [2.75, 3.05) is 32.2 Å². The molecule has 0 unspecified atom stereocenters. The van der Waals surface area contributed by atoms with E-state index < -0.39 is 24.5 Å². The van der Waals surface area contributed by atoms with Crippen LogP contribution < -0.4 is 10.1 Å². The molecule has 0 aliphatic rings. The minimum Gasteiger partial charge on any atom is -0.496 e. The molecule has 0 fully saturated rings. The number of amides is 1. The maximum atomic E-state index is 12.3. The second-order valence-electron chi connectivity index (χ2n) is 6.09.